The topological polar surface area (TPSA) is 87.1 Å². The van der Waals surface area contributed by atoms with E-state index in [4.69, 9.17) is 10.3 Å². The van der Waals surface area contributed by atoms with Crippen LogP contribution in [-0.4, -0.2) is 12.7 Å². The van der Waals surface area contributed by atoms with Crippen molar-refractivity contribution < 1.29 is 9.53 Å². The second-order valence-corrected chi connectivity index (χ2v) is 8.65. The van der Waals surface area contributed by atoms with Gasteiger partial charge in [0.1, 0.15) is 6.61 Å². The third kappa shape index (κ3) is 4.11. The van der Waals surface area contributed by atoms with Crippen molar-refractivity contribution in [2.75, 3.05) is 6.61 Å². The Kier molecular flexibility index (Phi) is 6.15. The van der Waals surface area contributed by atoms with Crippen molar-refractivity contribution in [3.05, 3.63) is 96.4 Å². The molecule has 0 aliphatic heterocycles. The molecule has 4 rings (SSSR count). The second kappa shape index (κ2) is 8.99. The molecule has 1 aliphatic rings. The van der Waals surface area contributed by atoms with Crippen molar-refractivity contribution in [1.29, 1.82) is 0 Å². The normalized spacial score (nSPS) is 12.0. The number of rotatable bonds is 5. The second-order valence-electron chi connectivity index (χ2n) is 7.48. The number of hydrogen-bond donors (Lipinski definition) is 1. The van der Waals surface area contributed by atoms with Gasteiger partial charge >= 0.3 is 6.09 Å². The van der Waals surface area contributed by atoms with Gasteiger partial charge in [-0.05, 0) is 87.0 Å². The van der Waals surface area contributed by atoms with Gasteiger partial charge in [-0.15, -0.1) is 0 Å². The molecule has 0 heterocycles. The van der Waals surface area contributed by atoms with Crippen LogP contribution in [0.2, 0.25) is 0 Å². The van der Waals surface area contributed by atoms with E-state index in [2.05, 4.69) is 62.2 Å². The van der Waals surface area contributed by atoms with Crippen LogP contribution in [0.15, 0.2) is 59.7 Å². The number of nitrogens with one attached hydrogen (secondary N) is 1. The average molecular weight is 524 g/mol. The van der Waals surface area contributed by atoms with E-state index in [0.29, 0.717) is 12.2 Å². The van der Waals surface area contributed by atoms with E-state index >= 15 is 0 Å². The van der Waals surface area contributed by atoms with Crippen molar-refractivity contribution >= 4 is 34.4 Å². The Balaban J connectivity index is 1.45. The first kappa shape index (κ1) is 21.2. The molecule has 156 valence electrons. The molecule has 1 N–H and O–H groups in total. The zero-order valence-electron chi connectivity index (χ0n) is 17.2. The predicted octanol–water partition coefficient (Wildman–Crippen LogP) is 6.89. The molecule has 6 nitrogen and oxygen atoms in total. The molecule has 7 heteroatoms. The molecule has 0 saturated heterocycles. The lowest BCUT2D eigenvalue weighted by Crippen LogP contribution is -2.26. The summed E-state index contributed by atoms with van der Waals surface area (Å²) < 4.78 is 6.58. The molecular formula is C24H21IN4O2. The third-order valence-electron chi connectivity index (χ3n) is 5.76. The van der Waals surface area contributed by atoms with Gasteiger partial charge in [0.25, 0.3) is 0 Å². The van der Waals surface area contributed by atoms with Gasteiger partial charge in [0.05, 0.1) is 0 Å². The molecular weight excluding hydrogens is 503 g/mol. The summed E-state index contributed by atoms with van der Waals surface area (Å²) in [7, 11) is 0. The molecule has 0 aromatic heterocycles. The number of carbonyl (C=O) groups is 1. The van der Waals surface area contributed by atoms with E-state index in [9.17, 15) is 4.79 Å². The lowest BCUT2D eigenvalue weighted by molar-refractivity contribution is 0.142. The van der Waals surface area contributed by atoms with Gasteiger partial charge in [0.15, 0.2) is 0 Å². The van der Waals surface area contributed by atoms with Crippen LogP contribution >= 0.6 is 22.6 Å². The van der Waals surface area contributed by atoms with Crippen LogP contribution in [0.1, 0.15) is 33.7 Å². The Labute approximate surface area is 194 Å². The standard InChI is InChI=1S/C24H21IN4O2/c1-14-16(11-22(25)15(2)23(14)28-29-26)12-27-24(30)31-13-21-19-9-5-3-7-17(19)18-8-4-6-10-20(18)21/h3-11,21H,12-13H2,1-2H3,(H,27,30). The lowest BCUT2D eigenvalue weighted by atomic mass is 9.98. The summed E-state index contributed by atoms with van der Waals surface area (Å²) in [5.74, 6) is 0.0248. The Morgan fingerprint density at radius 1 is 1.10 bits per heavy atom. The first-order valence-electron chi connectivity index (χ1n) is 9.93. The molecule has 1 amide bonds. The van der Waals surface area contributed by atoms with Crippen molar-refractivity contribution in [3.8, 4) is 11.1 Å². The van der Waals surface area contributed by atoms with Crippen molar-refractivity contribution in [1.82, 2.24) is 5.32 Å². The molecule has 3 aromatic carbocycles. The molecule has 0 bridgehead atoms. The van der Waals surface area contributed by atoms with Crippen molar-refractivity contribution in [2.24, 2.45) is 5.11 Å². The van der Waals surface area contributed by atoms with E-state index in [-0.39, 0.29) is 12.5 Å². The summed E-state index contributed by atoms with van der Waals surface area (Å²) in [6, 6.07) is 18.5. The number of benzene rings is 3. The maximum atomic E-state index is 12.5. The number of azide groups is 1. The smallest absolute Gasteiger partial charge is 0.407 e. The van der Waals surface area contributed by atoms with Crippen LogP contribution in [0.5, 0.6) is 0 Å². The Morgan fingerprint density at radius 2 is 1.71 bits per heavy atom. The van der Waals surface area contributed by atoms with Crippen LogP contribution in [0.3, 0.4) is 0 Å². The highest BCUT2D eigenvalue weighted by Gasteiger charge is 2.29. The van der Waals surface area contributed by atoms with Crippen LogP contribution in [0.25, 0.3) is 21.6 Å². The Bertz CT molecular complexity index is 1170. The van der Waals surface area contributed by atoms with Crippen LogP contribution in [-0.2, 0) is 11.3 Å². The fraction of sp³-hybridized carbons (Fsp3) is 0.208. The molecule has 0 radical (unpaired) electrons. The summed E-state index contributed by atoms with van der Waals surface area (Å²) >= 11 is 2.20. The quantitative estimate of drug-likeness (QED) is 0.171. The van der Waals surface area contributed by atoms with Gasteiger partial charge in [-0.3, -0.25) is 0 Å². The van der Waals surface area contributed by atoms with Crippen LogP contribution < -0.4 is 5.32 Å². The summed E-state index contributed by atoms with van der Waals surface area (Å²) in [6.07, 6.45) is -0.470. The largest absolute Gasteiger partial charge is 0.449 e. The number of fused-ring (bicyclic) bond motifs is 3. The van der Waals surface area contributed by atoms with Gasteiger partial charge in [-0.1, -0.05) is 53.6 Å². The average Bonchev–Trinajstić information content (AvgIpc) is 3.10. The Hall–Kier alpha value is -3.03. The van der Waals surface area contributed by atoms with Gasteiger partial charge in [-0.25, -0.2) is 4.79 Å². The van der Waals surface area contributed by atoms with E-state index in [0.717, 1.165) is 20.3 Å². The maximum absolute atomic E-state index is 12.5. The van der Waals surface area contributed by atoms with Crippen LogP contribution in [0.4, 0.5) is 10.5 Å². The van der Waals surface area contributed by atoms with Gasteiger partial charge in [-0.2, -0.15) is 0 Å². The third-order valence-corrected chi connectivity index (χ3v) is 6.88. The molecule has 31 heavy (non-hydrogen) atoms. The number of amides is 1. The lowest BCUT2D eigenvalue weighted by Gasteiger charge is -2.16. The molecule has 0 spiro atoms. The first-order chi connectivity index (χ1) is 15.0. The molecule has 0 unspecified atom stereocenters. The molecule has 0 atom stereocenters. The minimum Gasteiger partial charge on any atom is -0.449 e. The number of hydrogen-bond acceptors (Lipinski definition) is 3. The molecule has 0 fully saturated rings. The zero-order valence-corrected chi connectivity index (χ0v) is 19.4. The maximum Gasteiger partial charge on any atom is 0.407 e. The van der Waals surface area contributed by atoms with Crippen molar-refractivity contribution in [3.63, 3.8) is 0 Å². The number of carbonyl (C=O) groups excluding carboxylic acids is 1. The molecule has 1 aliphatic carbocycles. The highest BCUT2D eigenvalue weighted by Crippen LogP contribution is 2.44. The van der Waals surface area contributed by atoms with Crippen LogP contribution in [0, 0.1) is 17.4 Å². The van der Waals surface area contributed by atoms with E-state index in [1.807, 2.05) is 44.2 Å². The van der Waals surface area contributed by atoms with E-state index in [1.165, 1.54) is 22.3 Å². The highest BCUT2D eigenvalue weighted by molar-refractivity contribution is 14.1. The SMILES string of the molecule is Cc1c(I)cc(CNC(=O)OCC2c3ccccc3-c3ccccc32)c(C)c1N=[N+]=[N-]. The summed E-state index contributed by atoms with van der Waals surface area (Å²) in [5.41, 5.74) is 16.9. The zero-order chi connectivity index (χ0) is 22.0. The highest BCUT2D eigenvalue weighted by atomic mass is 127. The number of ether oxygens (including phenoxy) is 1. The monoisotopic (exact) mass is 524 g/mol. The van der Waals surface area contributed by atoms with Crippen molar-refractivity contribution in [2.45, 2.75) is 26.3 Å². The molecule has 0 saturated carbocycles. The number of halogens is 1. The van der Waals surface area contributed by atoms with E-state index in [1.54, 1.807) is 0 Å². The summed E-state index contributed by atoms with van der Waals surface area (Å²) in [4.78, 5) is 15.4. The fourth-order valence-electron chi connectivity index (χ4n) is 4.11. The molecule has 3 aromatic rings. The minimum atomic E-state index is -0.470. The fourth-order valence-corrected chi connectivity index (χ4v) is 4.74. The number of alkyl carbamates (subject to hydrolysis) is 1. The van der Waals surface area contributed by atoms with Gasteiger partial charge < -0.3 is 10.1 Å². The minimum absolute atomic E-state index is 0.0248. The van der Waals surface area contributed by atoms with Gasteiger partial charge in [0, 0.05) is 26.6 Å². The summed E-state index contributed by atoms with van der Waals surface area (Å²) in [6.45, 7) is 4.38. The van der Waals surface area contributed by atoms with Gasteiger partial charge in [0.2, 0.25) is 0 Å². The Morgan fingerprint density at radius 3 is 2.32 bits per heavy atom. The number of nitrogens with zero attached hydrogens (tertiary/aromatic N) is 3. The summed E-state index contributed by atoms with van der Waals surface area (Å²) in [5, 5.41) is 6.65. The van der Waals surface area contributed by atoms with E-state index < -0.39 is 6.09 Å². The first-order valence-corrected chi connectivity index (χ1v) is 11.0. The predicted molar refractivity (Wildman–Crippen MR) is 129 cm³/mol.